The van der Waals surface area contributed by atoms with Gasteiger partial charge in [-0.2, -0.15) is 0 Å². The van der Waals surface area contributed by atoms with E-state index >= 15 is 0 Å². The monoisotopic (exact) mass is 212 g/mol. The van der Waals surface area contributed by atoms with E-state index in [4.69, 9.17) is 11.2 Å². The Hall–Kier alpha value is -0.480. The summed E-state index contributed by atoms with van der Waals surface area (Å²) in [6.45, 7) is 7.83. The third-order valence-corrected chi connectivity index (χ3v) is 2.64. The largest absolute Gasteiger partial charge is 0.381 e. The summed E-state index contributed by atoms with van der Waals surface area (Å²) in [7, 11) is 0. The zero-order valence-electron chi connectivity index (χ0n) is 9.88. The molecule has 1 rings (SSSR count). The van der Waals surface area contributed by atoms with E-state index in [2.05, 4.69) is 5.92 Å². The molecule has 0 spiro atoms. The fraction of sp³-hybridized carbons (Fsp3) is 0.857. The van der Waals surface area contributed by atoms with Gasteiger partial charge in [0.2, 0.25) is 0 Å². The Bertz CT molecular complexity index is 149. The molecule has 90 valence electrons. The van der Waals surface area contributed by atoms with Crippen molar-refractivity contribution in [3.05, 3.63) is 0 Å². The van der Waals surface area contributed by atoms with E-state index in [9.17, 15) is 0 Å². The van der Waals surface area contributed by atoms with E-state index in [1.54, 1.807) is 0 Å². The van der Waals surface area contributed by atoms with E-state index < -0.39 is 0 Å². The first-order valence-electron chi connectivity index (χ1n) is 5.90. The summed E-state index contributed by atoms with van der Waals surface area (Å²) < 4.78 is 5.39. The zero-order chi connectivity index (χ0) is 10.8. The summed E-state index contributed by atoms with van der Waals surface area (Å²) in [5.74, 6) is 4.16. The van der Waals surface area contributed by atoms with Gasteiger partial charge in [0, 0.05) is 19.1 Å². The predicted molar refractivity (Wildman–Crippen MR) is 68.9 cm³/mol. The lowest BCUT2D eigenvalue weighted by Gasteiger charge is -2.25. The Labute approximate surface area is 96.6 Å². The molecular formula is C14H28O. The van der Waals surface area contributed by atoms with Crippen LogP contribution in [0.2, 0.25) is 0 Å². The lowest BCUT2D eigenvalue weighted by Crippen LogP contribution is -2.17. The van der Waals surface area contributed by atoms with Gasteiger partial charge < -0.3 is 4.74 Å². The average Bonchev–Trinajstić information content (AvgIpc) is 2.30. The van der Waals surface area contributed by atoms with Crippen LogP contribution in [0.1, 0.15) is 53.9 Å². The molecule has 0 saturated heterocycles. The molecule has 0 aromatic heterocycles. The Morgan fingerprint density at radius 1 is 1.20 bits per heavy atom. The quantitative estimate of drug-likeness (QED) is 0.639. The van der Waals surface area contributed by atoms with Crippen LogP contribution in [0.15, 0.2) is 0 Å². The molecule has 1 aliphatic carbocycles. The number of hydrogen-bond acceptors (Lipinski definition) is 1. The third kappa shape index (κ3) is 7.45. The fourth-order valence-corrected chi connectivity index (χ4v) is 1.78. The minimum atomic E-state index is 0. The van der Waals surface area contributed by atoms with Gasteiger partial charge in [0.1, 0.15) is 0 Å². The molecule has 15 heavy (non-hydrogen) atoms. The summed E-state index contributed by atoms with van der Waals surface area (Å²) in [5, 5.41) is 0. The summed E-state index contributed by atoms with van der Waals surface area (Å²) in [6, 6.07) is 0. The van der Waals surface area contributed by atoms with Gasteiger partial charge in [-0.1, -0.05) is 21.3 Å². The second-order valence-electron chi connectivity index (χ2n) is 3.54. The summed E-state index contributed by atoms with van der Waals surface area (Å²) >= 11 is 0. The second-order valence-corrected chi connectivity index (χ2v) is 3.54. The van der Waals surface area contributed by atoms with Crippen LogP contribution in [0.25, 0.3) is 0 Å². The van der Waals surface area contributed by atoms with Gasteiger partial charge in [-0.25, -0.2) is 0 Å². The molecule has 1 saturated carbocycles. The highest BCUT2D eigenvalue weighted by Crippen LogP contribution is 2.28. The van der Waals surface area contributed by atoms with Gasteiger partial charge in [-0.05, 0) is 38.5 Å². The third-order valence-electron chi connectivity index (χ3n) is 2.64. The van der Waals surface area contributed by atoms with Gasteiger partial charge in [0.25, 0.3) is 0 Å². The molecule has 0 bridgehead atoms. The Morgan fingerprint density at radius 2 is 1.73 bits per heavy atom. The number of hydrogen-bond donors (Lipinski definition) is 0. The van der Waals surface area contributed by atoms with Crippen molar-refractivity contribution in [2.45, 2.75) is 53.9 Å². The van der Waals surface area contributed by atoms with Crippen molar-refractivity contribution in [2.24, 2.45) is 11.8 Å². The maximum absolute atomic E-state index is 5.39. The van der Waals surface area contributed by atoms with Crippen molar-refractivity contribution in [3.8, 4) is 12.3 Å². The SMILES string of the molecule is C.C#CC1CCC(COCC)CC1.CC. The number of ether oxygens (including phenoxy) is 1. The van der Waals surface area contributed by atoms with Crippen LogP contribution in [-0.2, 0) is 4.74 Å². The normalized spacial score (nSPS) is 24.1. The summed E-state index contributed by atoms with van der Waals surface area (Å²) in [5.41, 5.74) is 0. The molecule has 0 N–H and O–H groups in total. The summed E-state index contributed by atoms with van der Waals surface area (Å²) in [6.07, 6.45) is 10.3. The minimum Gasteiger partial charge on any atom is -0.381 e. The molecule has 0 unspecified atom stereocenters. The highest BCUT2D eigenvalue weighted by atomic mass is 16.5. The molecule has 0 amide bonds. The molecule has 0 aromatic carbocycles. The molecule has 1 aliphatic rings. The lowest BCUT2D eigenvalue weighted by molar-refractivity contribution is 0.0908. The van der Waals surface area contributed by atoms with Crippen molar-refractivity contribution >= 4 is 0 Å². The molecule has 1 nitrogen and oxygen atoms in total. The van der Waals surface area contributed by atoms with Crippen LogP contribution < -0.4 is 0 Å². The van der Waals surface area contributed by atoms with Crippen LogP contribution in [-0.4, -0.2) is 13.2 Å². The van der Waals surface area contributed by atoms with Crippen molar-refractivity contribution in [1.82, 2.24) is 0 Å². The molecule has 1 fully saturated rings. The highest BCUT2D eigenvalue weighted by molar-refractivity contribution is 4.95. The number of rotatable bonds is 3. The van der Waals surface area contributed by atoms with E-state index in [1.807, 2.05) is 20.8 Å². The fourth-order valence-electron chi connectivity index (χ4n) is 1.78. The van der Waals surface area contributed by atoms with Crippen LogP contribution in [0.4, 0.5) is 0 Å². The van der Waals surface area contributed by atoms with Crippen LogP contribution in [0.3, 0.4) is 0 Å². The van der Waals surface area contributed by atoms with Crippen molar-refractivity contribution in [3.63, 3.8) is 0 Å². The predicted octanol–water partition coefficient (Wildman–Crippen LogP) is 4.12. The number of terminal acetylenes is 1. The van der Waals surface area contributed by atoms with E-state index in [0.29, 0.717) is 5.92 Å². The first-order valence-corrected chi connectivity index (χ1v) is 5.90. The maximum Gasteiger partial charge on any atom is 0.0494 e. The Kier molecular flexibility index (Phi) is 13.1. The highest BCUT2D eigenvalue weighted by Gasteiger charge is 2.19. The van der Waals surface area contributed by atoms with Crippen LogP contribution >= 0.6 is 0 Å². The smallest absolute Gasteiger partial charge is 0.0494 e. The maximum atomic E-state index is 5.39. The van der Waals surface area contributed by atoms with E-state index in [1.165, 1.54) is 25.7 Å². The van der Waals surface area contributed by atoms with Crippen LogP contribution in [0, 0.1) is 24.2 Å². The van der Waals surface area contributed by atoms with Crippen molar-refractivity contribution in [2.75, 3.05) is 13.2 Å². The molecule has 0 heterocycles. The van der Waals surface area contributed by atoms with Gasteiger partial charge in [-0.15, -0.1) is 12.3 Å². The van der Waals surface area contributed by atoms with Gasteiger partial charge >= 0.3 is 0 Å². The Morgan fingerprint density at radius 3 is 2.13 bits per heavy atom. The first kappa shape index (κ1) is 16.9. The van der Waals surface area contributed by atoms with Gasteiger partial charge in [-0.3, -0.25) is 0 Å². The lowest BCUT2D eigenvalue weighted by atomic mass is 9.83. The zero-order valence-corrected chi connectivity index (χ0v) is 9.88. The van der Waals surface area contributed by atoms with Gasteiger partial charge in [0.15, 0.2) is 0 Å². The minimum absolute atomic E-state index is 0. The molecule has 0 aliphatic heterocycles. The topological polar surface area (TPSA) is 9.23 Å². The molecule has 1 heteroatoms. The Balaban J connectivity index is 0. The van der Waals surface area contributed by atoms with E-state index in [-0.39, 0.29) is 7.43 Å². The van der Waals surface area contributed by atoms with Crippen LogP contribution in [0.5, 0.6) is 0 Å². The average molecular weight is 212 g/mol. The second kappa shape index (κ2) is 11.6. The standard InChI is InChI=1S/C11H18O.C2H6.CH4/c1-3-10-5-7-11(8-6-10)9-12-4-2;1-2;/h1,10-11H,4-9H2,2H3;1-2H3;1H4. The van der Waals surface area contributed by atoms with Gasteiger partial charge in [0.05, 0.1) is 0 Å². The first-order chi connectivity index (χ1) is 6.86. The summed E-state index contributed by atoms with van der Waals surface area (Å²) in [4.78, 5) is 0. The van der Waals surface area contributed by atoms with Crippen molar-refractivity contribution in [1.29, 1.82) is 0 Å². The van der Waals surface area contributed by atoms with Crippen molar-refractivity contribution < 1.29 is 4.74 Å². The molecular weight excluding hydrogens is 184 g/mol. The molecule has 0 atom stereocenters. The molecule has 0 radical (unpaired) electrons. The molecule has 0 aromatic rings. The van der Waals surface area contributed by atoms with E-state index in [0.717, 1.165) is 19.1 Å².